The molecule has 1 aliphatic rings. The molecule has 0 N–H and O–H groups in total. The number of carbonyl (C=O) groups excluding carboxylic acids is 1. The third-order valence-electron chi connectivity index (χ3n) is 1.69. The van der Waals surface area contributed by atoms with Gasteiger partial charge in [0.2, 0.25) is 6.29 Å². The Kier molecular flexibility index (Phi) is 1.50. The number of fused-ring (bicyclic) bond motifs is 1. The molecule has 0 aliphatic carbocycles. The maximum atomic E-state index is 10.4. The van der Waals surface area contributed by atoms with Crippen molar-refractivity contribution in [2.75, 3.05) is 0 Å². The van der Waals surface area contributed by atoms with E-state index < -0.39 is 0 Å². The molecule has 0 fully saturated rings. The smallest absolute Gasteiger partial charge is 0.238 e. The van der Waals surface area contributed by atoms with E-state index in [1.807, 2.05) is 0 Å². The first-order chi connectivity index (χ1) is 5.79. The Balaban J connectivity index is 2.41. The number of carbonyl (C=O) groups is 1. The van der Waals surface area contributed by atoms with Gasteiger partial charge >= 0.3 is 0 Å². The van der Waals surface area contributed by atoms with Gasteiger partial charge < -0.3 is 9.47 Å². The van der Waals surface area contributed by atoms with Crippen LogP contribution in [0.5, 0.6) is 11.5 Å². The van der Waals surface area contributed by atoms with E-state index >= 15 is 0 Å². The molecule has 3 heteroatoms. The highest BCUT2D eigenvalue weighted by atomic mass is 16.7. The largest absolute Gasteiger partial charge is 0.451 e. The summed E-state index contributed by atoms with van der Waals surface area (Å²) in [5.74, 6) is 1.35. The van der Waals surface area contributed by atoms with E-state index in [2.05, 4.69) is 0 Å². The maximum absolute atomic E-state index is 10.4. The summed E-state index contributed by atoms with van der Waals surface area (Å²) >= 11 is 0. The Bertz CT molecular complexity index is 320. The first kappa shape index (κ1) is 7.16. The standard InChI is InChI=1S/C9H8O3/c1-6-11-8-3-2-7(5-10)4-9(8)12-6/h2-6H,1H3/t6-/m1/s1. The van der Waals surface area contributed by atoms with Crippen LogP contribution in [0.2, 0.25) is 0 Å². The van der Waals surface area contributed by atoms with Gasteiger partial charge in [-0.15, -0.1) is 0 Å². The van der Waals surface area contributed by atoms with Crippen LogP contribution in [-0.2, 0) is 0 Å². The van der Waals surface area contributed by atoms with Crippen LogP contribution in [0.15, 0.2) is 18.2 Å². The van der Waals surface area contributed by atoms with Crippen LogP contribution in [0.3, 0.4) is 0 Å². The van der Waals surface area contributed by atoms with E-state index in [1.54, 1.807) is 25.1 Å². The van der Waals surface area contributed by atoms with Crippen LogP contribution < -0.4 is 9.47 Å². The highest BCUT2D eigenvalue weighted by Gasteiger charge is 2.19. The molecule has 12 heavy (non-hydrogen) atoms. The van der Waals surface area contributed by atoms with Gasteiger partial charge in [0.25, 0.3) is 0 Å². The first-order valence-corrected chi connectivity index (χ1v) is 3.72. The molecule has 0 saturated heterocycles. The molecule has 3 nitrogen and oxygen atoms in total. The second-order valence-electron chi connectivity index (χ2n) is 2.63. The Morgan fingerprint density at radius 3 is 2.83 bits per heavy atom. The van der Waals surface area contributed by atoms with E-state index in [9.17, 15) is 4.79 Å². The zero-order chi connectivity index (χ0) is 8.55. The van der Waals surface area contributed by atoms with Crippen LogP contribution >= 0.6 is 0 Å². The topological polar surface area (TPSA) is 35.5 Å². The number of ether oxygens (including phenoxy) is 2. The number of hydrogen-bond donors (Lipinski definition) is 0. The zero-order valence-corrected chi connectivity index (χ0v) is 6.61. The second-order valence-corrected chi connectivity index (χ2v) is 2.63. The average Bonchev–Trinajstić information content (AvgIpc) is 2.43. The minimum absolute atomic E-state index is 0.248. The van der Waals surface area contributed by atoms with Crippen molar-refractivity contribution in [1.82, 2.24) is 0 Å². The second kappa shape index (κ2) is 2.52. The summed E-state index contributed by atoms with van der Waals surface area (Å²) in [5.41, 5.74) is 0.603. The fourth-order valence-electron chi connectivity index (χ4n) is 1.17. The van der Waals surface area contributed by atoms with Gasteiger partial charge in [-0.2, -0.15) is 0 Å². The lowest BCUT2D eigenvalue weighted by atomic mass is 10.2. The predicted molar refractivity (Wildman–Crippen MR) is 42.5 cm³/mol. The molecule has 0 spiro atoms. The van der Waals surface area contributed by atoms with Crippen LogP contribution in [0.25, 0.3) is 0 Å². The minimum Gasteiger partial charge on any atom is -0.451 e. The van der Waals surface area contributed by atoms with Crippen molar-refractivity contribution < 1.29 is 14.3 Å². The summed E-state index contributed by atoms with van der Waals surface area (Å²) in [5, 5.41) is 0. The fraction of sp³-hybridized carbons (Fsp3) is 0.222. The molecule has 0 bridgehead atoms. The normalized spacial score (nSPS) is 19.2. The summed E-state index contributed by atoms with van der Waals surface area (Å²) in [6.45, 7) is 1.81. The van der Waals surface area contributed by atoms with Crippen LogP contribution in [0.1, 0.15) is 17.3 Å². The molecule has 1 aliphatic heterocycles. The third-order valence-corrected chi connectivity index (χ3v) is 1.69. The lowest BCUT2D eigenvalue weighted by Gasteiger charge is -1.99. The van der Waals surface area contributed by atoms with Gasteiger partial charge in [-0.3, -0.25) is 4.79 Å². The lowest BCUT2D eigenvalue weighted by molar-refractivity contribution is 0.0678. The van der Waals surface area contributed by atoms with E-state index in [4.69, 9.17) is 9.47 Å². The molecule has 0 amide bonds. The molecular formula is C9H8O3. The number of benzene rings is 1. The molecule has 1 aromatic rings. The quantitative estimate of drug-likeness (QED) is 0.591. The summed E-state index contributed by atoms with van der Waals surface area (Å²) in [6.07, 6.45) is 0.536. The predicted octanol–water partition coefficient (Wildman–Crippen LogP) is 1.62. The SMILES string of the molecule is C[C@@H]1Oc2ccc(C=O)cc2O1. The van der Waals surface area contributed by atoms with Crippen LogP contribution in [-0.4, -0.2) is 12.6 Å². The molecule has 0 saturated carbocycles. The zero-order valence-electron chi connectivity index (χ0n) is 6.61. The lowest BCUT2D eigenvalue weighted by Crippen LogP contribution is -2.11. The molecule has 1 aromatic carbocycles. The van der Waals surface area contributed by atoms with E-state index in [1.165, 1.54) is 0 Å². The molecule has 1 heterocycles. The highest BCUT2D eigenvalue weighted by Crippen LogP contribution is 2.34. The van der Waals surface area contributed by atoms with Crippen molar-refractivity contribution in [3.05, 3.63) is 23.8 Å². The summed E-state index contributed by atoms with van der Waals surface area (Å²) < 4.78 is 10.5. The van der Waals surface area contributed by atoms with Gasteiger partial charge in [0.05, 0.1) is 0 Å². The van der Waals surface area contributed by atoms with Crippen molar-refractivity contribution in [2.45, 2.75) is 13.2 Å². The van der Waals surface area contributed by atoms with E-state index in [-0.39, 0.29) is 6.29 Å². The van der Waals surface area contributed by atoms with Gasteiger partial charge in [0.15, 0.2) is 11.5 Å². The maximum Gasteiger partial charge on any atom is 0.238 e. The molecule has 0 aromatic heterocycles. The summed E-state index contributed by atoms with van der Waals surface area (Å²) in [6, 6.07) is 5.11. The molecule has 62 valence electrons. The monoisotopic (exact) mass is 164 g/mol. The van der Waals surface area contributed by atoms with E-state index in [0.29, 0.717) is 17.1 Å². The van der Waals surface area contributed by atoms with Crippen LogP contribution in [0.4, 0.5) is 0 Å². The molecule has 1 atom stereocenters. The number of rotatable bonds is 1. The molecule has 0 radical (unpaired) electrons. The van der Waals surface area contributed by atoms with Crippen molar-refractivity contribution >= 4 is 6.29 Å². The average molecular weight is 164 g/mol. The molecule has 0 unspecified atom stereocenters. The van der Waals surface area contributed by atoms with Crippen molar-refractivity contribution in [2.24, 2.45) is 0 Å². The number of hydrogen-bond acceptors (Lipinski definition) is 3. The first-order valence-electron chi connectivity index (χ1n) is 3.72. The summed E-state index contributed by atoms with van der Waals surface area (Å²) in [4.78, 5) is 10.4. The Hall–Kier alpha value is -1.51. The number of aldehydes is 1. The van der Waals surface area contributed by atoms with Gasteiger partial charge in [-0.05, 0) is 18.2 Å². The fourth-order valence-corrected chi connectivity index (χ4v) is 1.17. The van der Waals surface area contributed by atoms with Crippen molar-refractivity contribution in [3.63, 3.8) is 0 Å². The van der Waals surface area contributed by atoms with Crippen molar-refractivity contribution in [1.29, 1.82) is 0 Å². The highest BCUT2D eigenvalue weighted by molar-refractivity contribution is 5.76. The summed E-state index contributed by atoms with van der Waals surface area (Å²) in [7, 11) is 0. The Morgan fingerprint density at radius 2 is 2.08 bits per heavy atom. The van der Waals surface area contributed by atoms with Gasteiger partial charge in [-0.1, -0.05) is 0 Å². The molecular weight excluding hydrogens is 156 g/mol. The molecule has 2 rings (SSSR count). The Labute approximate surface area is 69.9 Å². The van der Waals surface area contributed by atoms with Gasteiger partial charge in [-0.25, -0.2) is 0 Å². The van der Waals surface area contributed by atoms with E-state index in [0.717, 1.165) is 6.29 Å². The Morgan fingerprint density at radius 1 is 1.33 bits per heavy atom. The van der Waals surface area contributed by atoms with Gasteiger partial charge in [0.1, 0.15) is 6.29 Å². The minimum atomic E-state index is -0.248. The third kappa shape index (κ3) is 1.03. The van der Waals surface area contributed by atoms with Gasteiger partial charge in [0, 0.05) is 12.5 Å². The van der Waals surface area contributed by atoms with Crippen molar-refractivity contribution in [3.8, 4) is 11.5 Å². The van der Waals surface area contributed by atoms with Crippen LogP contribution in [0, 0.1) is 0 Å².